The second-order valence-electron chi connectivity index (χ2n) is 2.67. The summed E-state index contributed by atoms with van der Waals surface area (Å²) in [5.74, 6) is -0.347. The minimum Gasteiger partial charge on any atom is -0.477 e. The number of carboxylic acids is 1. The van der Waals surface area contributed by atoms with E-state index >= 15 is 0 Å². The van der Waals surface area contributed by atoms with E-state index in [1.807, 2.05) is 30.3 Å². The lowest BCUT2D eigenvalue weighted by Gasteiger charge is -1.97. The summed E-state index contributed by atoms with van der Waals surface area (Å²) < 4.78 is 0. The summed E-state index contributed by atoms with van der Waals surface area (Å²) in [6, 6.07) is 9.80. The first-order chi connectivity index (χ1) is 6.70. The van der Waals surface area contributed by atoms with Crippen molar-refractivity contribution >= 4 is 17.7 Å². The van der Waals surface area contributed by atoms with Gasteiger partial charge in [-0.3, -0.25) is 0 Å². The molecule has 0 amide bonds. The Kier molecular flexibility index (Phi) is 4.07. The van der Waals surface area contributed by atoms with Crippen LogP contribution in [0, 0.1) is 0 Å². The summed E-state index contributed by atoms with van der Waals surface area (Å²) in [7, 11) is 0. The summed E-state index contributed by atoms with van der Waals surface area (Å²) in [5, 5.41) is 9.93. The van der Waals surface area contributed by atoms with Gasteiger partial charge in [0.1, 0.15) is 5.70 Å². The predicted octanol–water partition coefficient (Wildman–Crippen LogP) is 1.80. The highest BCUT2D eigenvalue weighted by atomic mass is 32.2. The number of thioether (sulfide) groups is 1. The van der Waals surface area contributed by atoms with E-state index in [0.29, 0.717) is 0 Å². The number of nitrogens with two attached hydrogens (primary N) is 1. The van der Waals surface area contributed by atoms with Crippen LogP contribution in [0.15, 0.2) is 41.4 Å². The number of hydrogen-bond acceptors (Lipinski definition) is 3. The SMILES string of the molecule is NC(=CSCc1ccccc1)C(=O)O. The summed E-state index contributed by atoms with van der Waals surface area (Å²) in [6.45, 7) is 0. The highest BCUT2D eigenvalue weighted by Crippen LogP contribution is 2.13. The quantitative estimate of drug-likeness (QED) is 0.742. The molecule has 14 heavy (non-hydrogen) atoms. The van der Waals surface area contributed by atoms with Crippen LogP contribution in [0.25, 0.3) is 0 Å². The van der Waals surface area contributed by atoms with Gasteiger partial charge in [0.2, 0.25) is 0 Å². The van der Waals surface area contributed by atoms with Gasteiger partial charge >= 0.3 is 5.97 Å². The van der Waals surface area contributed by atoms with Crippen molar-refractivity contribution in [3.05, 3.63) is 47.0 Å². The average molecular weight is 209 g/mol. The molecule has 0 spiro atoms. The minimum atomic E-state index is -1.08. The Hall–Kier alpha value is -1.42. The second-order valence-corrected chi connectivity index (χ2v) is 3.53. The van der Waals surface area contributed by atoms with E-state index in [0.717, 1.165) is 11.3 Å². The van der Waals surface area contributed by atoms with E-state index in [9.17, 15) is 4.79 Å². The molecule has 0 saturated heterocycles. The molecule has 1 rings (SSSR count). The zero-order valence-corrected chi connectivity index (χ0v) is 8.33. The Balaban J connectivity index is 2.43. The molecular weight excluding hydrogens is 198 g/mol. The number of carbonyl (C=O) groups is 1. The topological polar surface area (TPSA) is 63.3 Å². The number of rotatable bonds is 4. The van der Waals surface area contributed by atoms with E-state index in [1.54, 1.807) is 0 Å². The standard InChI is InChI=1S/C10H11NO2S/c11-9(10(12)13)7-14-6-8-4-2-1-3-5-8/h1-5,7H,6,11H2,(H,12,13). The molecule has 0 aromatic heterocycles. The van der Waals surface area contributed by atoms with Crippen LogP contribution in [0.1, 0.15) is 5.56 Å². The summed E-state index contributed by atoms with van der Waals surface area (Å²) in [6.07, 6.45) is 0. The molecule has 0 atom stereocenters. The van der Waals surface area contributed by atoms with Crippen molar-refractivity contribution < 1.29 is 9.90 Å². The van der Waals surface area contributed by atoms with Crippen LogP contribution in [0.3, 0.4) is 0 Å². The summed E-state index contributed by atoms with van der Waals surface area (Å²) in [5.41, 5.74) is 6.25. The summed E-state index contributed by atoms with van der Waals surface area (Å²) >= 11 is 1.37. The van der Waals surface area contributed by atoms with Crippen LogP contribution in [0.4, 0.5) is 0 Å². The zero-order chi connectivity index (χ0) is 10.4. The third kappa shape index (κ3) is 3.53. The molecule has 1 aromatic rings. The van der Waals surface area contributed by atoms with Gasteiger partial charge in [0.25, 0.3) is 0 Å². The van der Waals surface area contributed by atoms with Gasteiger partial charge in [0.15, 0.2) is 0 Å². The maximum Gasteiger partial charge on any atom is 0.352 e. The Morgan fingerprint density at radius 3 is 2.64 bits per heavy atom. The fraction of sp³-hybridized carbons (Fsp3) is 0.100. The van der Waals surface area contributed by atoms with Crippen molar-refractivity contribution in [3.63, 3.8) is 0 Å². The van der Waals surface area contributed by atoms with E-state index in [-0.39, 0.29) is 5.70 Å². The number of carboxylic acid groups (broad SMARTS) is 1. The molecule has 0 aliphatic rings. The molecular formula is C10H11NO2S. The lowest BCUT2D eigenvalue weighted by atomic mass is 10.2. The maximum absolute atomic E-state index is 10.3. The van der Waals surface area contributed by atoms with Crippen molar-refractivity contribution in [1.82, 2.24) is 0 Å². The van der Waals surface area contributed by atoms with E-state index in [2.05, 4.69) is 0 Å². The average Bonchev–Trinajstić information content (AvgIpc) is 2.19. The highest BCUT2D eigenvalue weighted by molar-refractivity contribution is 8.01. The fourth-order valence-corrected chi connectivity index (χ4v) is 1.60. The third-order valence-electron chi connectivity index (χ3n) is 1.55. The Labute approximate surface area is 86.6 Å². The molecule has 0 aliphatic carbocycles. The van der Waals surface area contributed by atoms with Crippen LogP contribution < -0.4 is 5.73 Å². The van der Waals surface area contributed by atoms with Crippen LogP contribution in [0.5, 0.6) is 0 Å². The molecule has 3 nitrogen and oxygen atoms in total. The molecule has 4 heteroatoms. The van der Waals surface area contributed by atoms with Crippen molar-refractivity contribution in [2.75, 3.05) is 0 Å². The first kappa shape index (κ1) is 10.7. The second kappa shape index (κ2) is 5.34. The van der Waals surface area contributed by atoms with E-state index in [4.69, 9.17) is 10.8 Å². The van der Waals surface area contributed by atoms with Crippen LogP contribution in [-0.4, -0.2) is 11.1 Å². The van der Waals surface area contributed by atoms with Crippen LogP contribution in [0.2, 0.25) is 0 Å². The van der Waals surface area contributed by atoms with Crippen molar-refractivity contribution in [3.8, 4) is 0 Å². The van der Waals surface area contributed by atoms with Gasteiger partial charge in [0, 0.05) is 11.2 Å². The van der Waals surface area contributed by atoms with Gasteiger partial charge < -0.3 is 10.8 Å². The lowest BCUT2D eigenvalue weighted by Crippen LogP contribution is -2.08. The highest BCUT2D eigenvalue weighted by Gasteiger charge is 1.99. The van der Waals surface area contributed by atoms with Crippen molar-refractivity contribution in [2.24, 2.45) is 5.73 Å². The van der Waals surface area contributed by atoms with E-state index < -0.39 is 5.97 Å². The first-order valence-corrected chi connectivity index (χ1v) is 5.09. The van der Waals surface area contributed by atoms with Gasteiger partial charge in [-0.2, -0.15) is 0 Å². The monoisotopic (exact) mass is 209 g/mol. The van der Waals surface area contributed by atoms with Crippen molar-refractivity contribution in [1.29, 1.82) is 0 Å². The minimum absolute atomic E-state index is 0.120. The number of hydrogen-bond donors (Lipinski definition) is 2. The fourth-order valence-electron chi connectivity index (χ4n) is 0.852. The van der Waals surface area contributed by atoms with E-state index in [1.165, 1.54) is 17.2 Å². The molecule has 1 aromatic carbocycles. The molecule has 0 aliphatic heterocycles. The molecule has 0 bridgehead atoms. The van der Waals surface area contributed by atoms with Gasteiger partial charge in [0.05, 0.1) is 0 Å². The van der Waals surface area contributed by atoms with Gasteiger partial charge in [-0.05, 0) is 5.56 Å². The maximum atomic E-state index is 10.3. The Morgan fingerprint density at radius 2 is 2.07 bits per heavy atom. The molecule has 0 unspecified atom stereocenters. The zero-order valence-electron chi connectivity index (χ0n) is 7.51. The van der Waals surface area contributed by atoms with Crippen molar-refractivity contribution in [2.45, 2.75) is 5.75 Å². The molecule has 74 valence electrons. The van der Waals surface area contributed by atoms with Gasteiger partial charge in [-0.25, -0.2) is 4.79 Å². The number of benzene rings is 1. The van der Waals surface area contributed by atoms with Gasteiger partial charge in [-0.1, -0.05) is 30.3 Å². The third-order valence-corrected chi connectivity index (χ3v) is 2.47. The lowest BCUT2D eigenvalue weighted by molar-refractivity contribution is -0.132. The molecule has 3 N–H and O–H groups in total. The normalized spacial score (nSPS) is 11.3. The molecule has 0 saturated carbocycles. The molecule has 0 fully saturated rings. The Morgan fingerprint density at radius 1 is 1.43 bits per heavy atom. The van der Waals surface area contributed by atoms with Crippen LogP contribution in [-0.2, 0) is 10.5 Å². The molecule has 0 heterocycles. The predicted molar refractivity (Wildman–Crippen MR) is 57.6 cm³/mol. The smallest absolute Gasteiger partial charge is 0.352 e. The van der Waals surface area contributed by atoms with Gasteiger partial charge in [-0.15, -0.1) is 11.8 Å². The largest absolute Gasteiger partial charge is 0.477 e. The first-order valence-electron chi connectivity index (χ1n) is 4.04. The molecule has 0 radical (unpaired) electrons. The summed E-state index contributed by atoms with van der Waals surface area (Å²) in [4.78, 5) is 10.3. The Bertz CT molecular complexity index is 335. The number of aliphatic carboxylic acids is 1. The van der Waals surface area contributed by atoms with Crippen LogP contribution >= 0.6 is 11.8 Å².